The number of aliphatic imine (C=N–C) groups is 2. The summed E-state index contributed by atoms with van der Waals surface area (Å²) in [6.45, 7) is 4.65. The molecule has 0 radical (unpaired) electrons. The first-order valence-corrected chi connectivity index (χ1v) is 8.50. The molecule has 0 saturated carbocycles. The van der Waals surface area contributed by atoms with Crippen molar-refractivity contribution < 1.29 is 19.0 Å². The standard InChI is InChI=1S/C17H22FN5O3/c1-2-26-14-5-3-4-12(15(14)24)10-20-22-17-19-11-13(18)16(21-17)23-6-8-25-9-7-23/h3-5,10-11,13,16,24H,2,6-9H2,1H3,(H,21,22)/b20-10+. The number of aromatic hydroxyl groups is 1. The highest BCUT2D eigenvalue weighted by Crippen LogP contribution is 2.28. The molecular formula is C17H22FN5O3. The van der Waals surface area contributed by atoms with Crippen LogP contribution < -0.4 is 10.2 Å². The van der Waals surface area contributed by atoms with Crippen molar-refractivity contribution >= 4 is 18.4 Å². The van der Waals surface area contributed by atoms with Crippen LogP contribution >= 0.6 is 0 Å². The summed E-state index contributed by atoms with van der Waals surface area (Å²) in [5.74, 6) is 0.605. The van der Waals surface area contributed by atoms with Crippen LogP contribution in [0.2, 0.25) is 0 Å². The highest BCUT2D eigenvalue weighted by molar-refractivity contribution is 5.92. The number of alkyl halides is 1. The molecule has 9 heteroatoms. The molecule has 0 spiro atoms. The molecule has 140 valence electrons. The molecule has 0 aromatic heterocycles. The van der Waals surface area contributed by atoms with E-state index in [1.54, 1.807) is 18.2 Å². The Kier molecular flexibility index (Phi) is 6.13. The van der Waals surface area contributed by atoms with Crippen LogP contribution in [0, 0.1) is 0 Å². The number of ether oxygens (including phenoxy) is 2. The Hall–Kier alpha value is -2.52. The van der Waals surface area contributed by atoms with Gasteiger partial charge in [0.25, 0.3) is 0 Å². The summed E-state index contributed by atoms with van der Waals surface area (Å²) in [4.78, 5) is 10.1. The van der Waals surface area contributed by atoms with Gasteiger partial charge in [0.15, 0.2) is 17.7 Å². The fourth-order valence-corrected chi connectivity index (χ4v) is 2.71. The fourth-order valence-electron chi connectivity index (χ4n) is 2.71. The third-order valence-corrected chi connectivity index (χ3v) is 4.00. The molecule has 2 aliphatic heterocycles. The molecule has 2 unspecified atom stereocenters. The molecule has 1 aromatic carbocycles. The Morgan fingerprint density at radius 3 is 3.04 bits per heavy atom. The van der Waals surface area contributed by atoms with E-state index in [0.717, 1.165) is 0 Å². The Morgan fingerprint density at radius 1 is 1.46 bits per heavy atom. The van der Waals surface area contributed by atoms with Crippen molar-refractivity contribution in [3.05, 3.63) is 23.8 Å². The number of benzene rings is 1. The minimum Gasteiger partial charge on any atom is -0.504 e. The topological polar surface area (TPSA) is 91.0 Å². The minimum atomic E-state index is -1.27. The number of guanidine groups is 1. The van der Waals surface area contributed by atoms with Crippen molar-refractivity contribution in [2.24, 2.45) is 15.1 Å². The average Bonchev–Trinajstić information content (AvgIpc) is 2.67. The second kappa shape index (κ2) is 8.72. The van der Waals surface area contributed by atoms with Crippen molar-refractivity contribution in [2.45, 2.75) is 19.3 Å². The summed E-state index contributed by atoms with van der Waals surface area (Å²) in [5, 5.41) is 14.2. The molecule has 2 atom stereocenters. The monoisotopic (exact) mass is 363 g/mol. The summed E-state index contributed by atoms with van der Waals surface area (Å²) in [7, 11) is 0. The number of phenols is 1. The molecule has 0 amide bonds. The quantitative estimate of drug-likeness (QED) is 0.605. The van der Waals surface area contributed by atoms with Gasteiger partial charge >= 0.3 is 0 Å². The van der Waals surface area contributed by atoms with Crippen LogP contribution in [0.3, 0.4) is 0 Å². The van der Waals surface area contributed by atoms with Crippen molar-refractivity contribution in [3.63, 3.8) is 0 Å². The Morgan fingerprint density at radius 2 is 2.27 bits per heavy atom. The predicted octanol–water partition coefficient (Wildman–Crippen LogP) is 1.15. The second-order valence-corrected chi connectivity index (χ2v) is 5.73. The van der Waals surface area contributed by atoms with E-state index >= 15 is 0 Å². The second-order valence-electron chi connectivity index (χ2n) is 5.73. The molecule has 1 saturated heterocycles. The number of phenolic OH excluding ortho intramolecular Hbond substituents is 1. The molecular weight excluding hydrogens is 341 g/mol. The van der Waals surface area contributed by atoms with E-state index in [-0.39, 0.29) is 11.7 Å². The molecule has 2 N–H and O–H groups in total. The first-order valence-electron chi connectivity index (χ1n) is 8.50. The SMILES string of the molecule is CCOc1cccc(/C=N/NC2=NC(N3CCOCC3)C(F)C=N2)c1O. The molecule has 2 aliphatic rings. The molecule has 1 aromatic rings. The van der Waals surface area contributed by atoms with E-state index in [1.807, 2.05) is 11.8 Å². The summed E-state index contributed by atoms with van der Waals surface area (Å²) >= 11 is 0. The first-order chi connectivity index (χ1) is 12.7. The average molecular weight is 363 g/mol. The van der Waals surface area contributed by atoms with Gasteiger partial charge in [0.2, 0.25) is 5.96 Å². The van der Waals surface area contributed by atoms with Gasteiger partial charge in [0.1, 0.15) is 6.17 Å². The number of nitrogens with zero attached hydrogens (tertiary/aromatic N) is 4. The lowest BCUT2D eigenvalue weighted by Crippen LogP contribution is -2.49. The van der Waals surface area contributed by atoms with Gasteiger partial charge in [-0.1, -0.05) is 6.07 Å². The maximum absolute atomic E-state index is 14.1. The summed E-state index contributed by atoms with van der Waals surface area (Å²) in [6.07, 6.45) is 0.748. The molecule has 0 bridgehead atoms. The Balaban J connectivity index is 1.66. The molecule has 0 aliphatic carbocycles. The lowest BCUT2D eigenvalue weighted by molar-refractivity contribution is 0.00754. The van der Waals surface area contributed by atoms with E-state index in [2.05, 4.69) is 20.5 Å². The van der Waals surface area contributed by atoms with Gasteiger partial charge < -0.3 is 14.6 Å². The first kappa shape index (κ1) is 18.3. The maximum Gasteiger partial charge on any atom is 0.240 e. The van der Waals surface area contributed by atoms with Crippen molar-refractivity contribution in [3.8, 4) is 11.5 Å². The van der Waals surface area contributed by atoms with Gasteiger partial charge in [-0.2, -0.15) is 5.10 Å². The maximum atomic E-state index is 14.1. The number of para-hydroxylation sites is 1. The van der Waals surface area contributed by atoms with E-state index in [9.17, 15) is 9.50 Å². The highest BCUT2D eigenvalue weighted by Gasteiger charge is 2.30. The van der Waals surface area contributed by atoms with Gasteiger partial charge in [0.05, 0.1) is 26.0 Å². The smallest absolute Gasteiger partial charge is 0.240 e. The summed E-state index contributed by atoms with van der Waals surface area (Å²) in [6, 6.07) is 5.13. The number of hydrazone groups is 1. The van der Waals surface area contributed by atoms with Crippen LogP contribution in [0.5, 0.6) is 11.5 Å². The molecule has 3 rings (SSSR count). The summed E-state index contributed by atoms with van der Waals surface area (Å²) in [5.41, 5.74) is 3.17. The van der Waals surface area contributed by atoms with Crippen molar-refractivity contribution in [1.82, 2.24) is 10.3 Å². The van der Waals surface area contributed by atoms with Crippen LogP contribution in [0.4, 0.5) is 4.39 Å². The highest BCUT2D eigenvalue weighted by atomic mass is 19.1. The Bertz CT molecular complexity index is 704. The van der Waals surface area contributed by atoms with Gasteiger partial charge in [-0.25, -0.2) is 19.8 Å². The normalized spacial score (nSPS) is 23.8. The molecule has 2 heterocycles. The van der Waals surface area contributed by atoms with Crippen LogP contribution in [-0.4, -0.2) is 73.6 Å². The summed E-state index contributed by atoms with van der Waals surface area (Å²) < 4.78 is 24.7. The largest absolute Gasteiger partial charge is 0.504 e. The zero-order valence-electron chi connectivity index (χ0n) is 14.5. The molecule has 1 fully saturated rings. The number of rotatable bonds is 5. The van der Waals surface area contributed by atoms with Gasteiger partial charge in [-0.15, -0.1) is 0 Å². The minimum absolute atomic E-state index is 0.00370. The molecule has 8 nitrogen and oxygen atoms in total. The van der Waals surface area contributed by atoms with Crippen LogP contribution in [-0.2, 0) is 4.74 Å². The van der Waals surface area contributed by atoms with E-state index in [1.165, 1.54) is 12.4 Å². The zero-order chi connectivity index (χ0) is 18.4. The molecule has 26 heavy (non-hydrogen) atoms. The van der Waals surface area contributed by atoms with Gasteiger partial charge in [0, 0.05) is 24.9 Å². The third kappa shape index (κ3) is 4.36. The van der Waals surface area contributed by atoms with Crippen molar-refractivity contribution in [1.29, 1.82) is 0 Å². The lowest BCUT2D eigenvalue weighted by Gasteiger charge is -2.33. The van der Waals surface area contributed by atoms with Crippen LogP contribution in [0.25, 0.3) is 0 Å². The Labute approximate surface area is 151 Å². The number of morpholine rings is 1. The van der Waals surface area contributed by atoms with Crippen molar-refractivity contribution in [2.75, 3.05) is 32.9 Å². The zero-order valence-corrected chi connectivity index (χ0v) is 14.5. The van der Waals surface area contributed by atoms with E-state index < -0.39 is 12.3 Å². The number of halogens is 1. The van der Waals surface area contributed by atoms with E-state index in [4.69, 9.17) is 9.47 Å². The predicted molar refractivity (Wildman–Crippen MR) is 97.0 cm³/mol. The fraction of sp³-hybridized carbons (Fsp3) is 0.471. The van der Waals surface area contributed by atoms with Crippen LogP contribution in [0.15, 0.2) is 33.3 Å². The number of nitrogens with one attached hydrogen (secondary N) is 1. The number of hydrogen-bond donors (Lipinski definition) is 2. The van der Waals surface area contributed by atoms with Gasteiger partial charge in [-0.05, 0) is 19.1 Å². The number of hydrogen-bond acceptors (Lipinski definition) is 8. The van der Waals surface area contributed by atoms with E-state index in [0.29, 0.717) is 44.2 Å². The van der Waals surface area contributed by atoms with Gasteiger partial charge in [-0.3, -0.25) is 4.90 Å². The lowest BCUT2D eigenvalue weighted by atomic mass is 10.2. The third-order valence-electron chi connectivity index (χ3n) is 4.00. The van der Waals surface area contributed by atoms with Crippen LogP contribution in [0.1, 0.15) is 12.5 Å².